The van der Waals surface area contributed by atoms with Gasteiger partial charge in [-0.1, -0.05) is 13.0 Å². The first-order valence-corrected chi connectivity index (χ1v) is 19.9. The Kier molecular flexibility index (Phi) is 13.4. The summed E-state index contributed by atoms with van der Waals surface area (Å²) in [5.41, 5.74) is 2.33. The van der Waals surface area contributed by atoms with Crippen molar-refractivity contribution in [2.75, 3.05) is 22.9 Å². The molecule has 0 spiro atoms. The second kappa shape index (κ2) is 18.8. The van der Waals surface area contributed by atoms with Crippen LogP contribution in [0.1, 0.15) is 24.5 Å². The van der Waals surface area contributed by atoms with Crippen molar-refractivity contribution in [3.05, 3.63) is 145 Å². The fraction of sp³-hybridized carbons (Fsp3) is 0.195. The van der Waals surface area contributed by atoms with Crippen molar-refractivity contribution in [2.45, 2.75) is 38.3 Å². The minimum absolute atomic E-state index is 0.0567. The highest BCUT2D eigenvalue weighted by atomic mass is 32.2. The molecule has 0 radical (unpaired) electrons. The van der Waals surface area contributed by atoms with Gasteiger partial charge in [-0.15, -0.1) is 6.58 Å². The van der Waals surface area contributed by atoms with Crippen molar-refractivity contribution < 1.29 is 40.4 Å². The van der Waals surface area contributed by atoms with Gasteiger partial charge in [0.1, 0.15) is 35.4 Å². The predicted molar refractivity (Wildman–Crippen MR) is 216 cm³/mol. The van der Waals surface area contributed by atoms with Crippen LogP contribution in [-0.2, 0) is 32.6 Å². The van der Waals surface area contributed by atoms with Gasteiger partial charge in [0.15, 0.2) is 0 Å². The number of nitrogens with one attached hydrogen (secondary N) is 3. The van der Waals surface area contributed by atoms with Crippen LogP contribution in [0.25, 0.3) is 22.1 Å². The molecule has 0 unspecified atom stereocenters. The normalized spacial score (nSPS) is 12.4. The van der Waals surface area contributed by atoms with E-state index in [1.165, 1.54) is 40.7 Å². The van der Waals surface area contributed by atoms with Gasteiger partial charge in [0.05, 0.1) is 22.1 Å². The van der Waals surface area contributed by atoms with Crippen LogP contribution in [0.2, 0.25) is 0 Å². The van der Waals surface area contributed by atoms with Gasteiger partial charge in [-0.05, 0) is 84.6 Å². The smallest absolute Gasteiger partial charge is 0.325 e. The lowest BCUT2D eigenvalue weighted by atomic mass is 10.0. The zero-order valence-corrected chi connectivity index (χ0v) is 32.7. The Bertz CT molecular complexity index is 2650. The maximum atomic E-state index is 14.3. The molecule has 6 rings (SSSR count). The second-order valence-electron chi connectivity index (χ2n) is 13.5. The summed E-state index contributed by atoms with van der Waals surface area (Å²) < 4.78 is 88.5. The number of carbonyl (C=O) groups excluding carboxylic acids is 3. The Labute approximate surface area is 341 Å². The lowest BCUT2D eigenvalue weighted by Crippen LogP contribution is -2.57. The summed E-state index contributed by atoms with van der Waals surface area (Å²) in [5, 5.41) is 2.28. The number of nitrogens with zero attached hydrogens (tertiary/aromatic N) is 6. The van der Waals surface area contributed by atoms with Gasteiger partial charge in [0.2, 0.25) is 11.8 Å². The number of urea groups is 1. The first-order chi connectivity index (χ1) is 28.7. The van der Waals surface area contributed by atoms with Crippen molar-refractivity contribution in [1.29, 1.82) is 0 Å². The SMILES string of the molecule is C=CCN(C(=O)[C@H](Cc1cc(F)cc(F)c1)NC(=O)NS(=O)(=O)N[C@@H](Cc1cc(F)cc(F)c1)C(=O)N(CCC)c1ccc2nccnc2c1)c1ccc2nccnc2c1. The number of fused-ring (bicyclic) bond motifs is 2. The molecule has 0 saturated heterocycles. The van der Waals surface area contributed by atoms with Crippen LogP contribution in [0.4, 0.5) is 33.7 Å². The van der Waals surface area contributed by atoms with Gasteiger partial charge in [-0.2, -0.15) is 13.1 Å². The van der Waals surface area contributed by atoms with Crippen molar-refractivity contribution >= 4 is 61.5 Å². The molecule has 6 aromatic rings. The van der Waals surface area contributed by atoms with Gasteiger partial charge in [0, 0.05) is 67.8 Å². The average Bonchev–Trinajstić information content (AvgIpc) is 3.19. The molecule has 2 heterocycles. The molecule has 4 aromatic carbocycles. The Hall–Kier alpha value is -6.86. The molecule has 14 nitrogen and oxygen atoms in total. The summed E-state index contributed by atoms with van der Waals surface area (Å²) in [4.78, 5) is 61.5. The third-order valence-corrected chi connectivity index (χ3v) is 10.0. The molecule has 0 aliphatic carbocycles. The van der Waals surface area contributed by atoms with E-state index >= 15 is 0 Å². The minimum Gasteiger partial charge on any atom is -0.325 e. The van der Waals surface area contributed by atoms with Crippen LogP contribution >= 0.6 is 0 Å². The first kappa shape index (κ1) is 42.7. The van der Waals surface area contributed by atoms with E-state index in [0.29, 0.717) is 46.3 Å². The fourth-order valence-electron chi connectivity index (χ4n) is 6.49. The molecule has 0 aliphatic rings. The molecule has 0 bridgehead atoms. The Morgan fingerprint density at radius 2 is 1.12 bits per heavy atom. The van der Waals surface area contributed by atoms with E-state index in [9.17, 15) is 40.4 Å². The maximum absolute atomic E-state index is 14.3. The number of anilines is 2. The summed E-state index contributed by atoms with van der Waals surface area (Å²) in [6, 6.07) is 9.55. The van der Waals surface area contributed by atoms with Gasteiger partial charge >= 0.3 is 16.2 Å². The highest BCUT2D eigenvalue weighted by Gasteiger charge is 2.33. The van der Waals surface area contributed by atoms with Crippen molar-refractivity contribution in [3.8, 4) is 0 Å². The van der Waals surface area contributed by atoms with Gasteiger partial charge in [0.25, 0.3) is 0 Å². The van der Waals surface area contributed by atoms with E-state index in [1.54, 1.807) is 48.0 Å². The average molecular weight is 844 g/mol. The zero-order chi connectivity index (χ0) is 43.0. The summed E-state index contributed by atoms with van der Waals surface area (Å²) in [6.45, 7) is 5.42. The van der Waals surface area contributed by atoms with E-state index in [2.05, 4.69) is 36.6 Å². The van der Waals surface area contributed by atoms with E-state index in [-0.39, 0.29) is 29.9 Å². The van der Waals surface area contributed by atoms with E-state index in [0.717, 1.165) is 24.3 Å². The summed E-state index contributed by atoms with van der Waals surface area (Å²) in [6.07, 6.45) is 6.58. The van der Waals surface area contributed by atoms with Gasteiger partial charge in [-0.3, -0.25) is 29.5 Å². The molecule has 4 amide bonds. The van der Waals surface area contributed by atoms with Crippen molar-refractivity contribution in [2.24, 2.45) is 0 Å². The number of carbonyl (C=O) groups is 3. The Balaban J connectivity index is 1.29. The molecule has 310 valence electrons. The molecular weight excluding hydrogens is 807 g/mol. The number of rotatable bonds is 16. The number of hydrogen-bond acceptors (Lipinski definition) is 9. The predicted octanol–water partition coefficient (Wildman–Crippen LogP) is 5.45. The second-order valence-corrected chi connectivity index (χ2v) is 14.9. The maximum Gasteiger partial charge on any atom is 0.330 e. The fourth-order valence-corrected chi connectivity index (χ4v) is 7.41. The Morgan fingerprint density at radius 1 is 0.667 bits per heavy atom. The molecular formula is C41H37F4N9O5S. The molecule has 0 aliphatic heterocycles. The highest BCUT2D eigenvalue weighted by molar-refractivity contribution is 7.88. The largest absolute Gasteiger partial charge is 0.330 e. The van der Waals surface area contributed by atoms with Crippen molar-refractivity contribution in [1.82, 2.24) is 34.7 Å². The molecule has 0 saturated carbocycles. The van der Waals surface area contributed by atoms with Crippen LogP contribution in [0, 0.1) is 23.3 Å². The lowest BCUT2D eigenvalue weighted by Gasteiger charge is -2.29. The standard InChI is InChI=1S/C41H37F4N9O5S/c1-3-13-53(31-5-7-33-35(23-31)48-11-9-46-33)39(55)37(19-25-15-27(42)21-28(43)16-25)50-41(57)52-60(58,59)51-38(20-26-17-29(44)22-30(45)18-26)40(56)54(14-4-2)32-6-8-34-36(24-32)49-12-10-47-34/h3,5-12,15-18,21-24,37-38,51H,1,4,13-14,19-20H2,2H3,(H2,50,52,57)/t37-,38-/m0/s1. The first-order valence-electron chi connectivity index (χ1n) is 18.4. The molecule has 2 aromatic heterocycles. The Morgan fingerprint density at radius 3 is 1.60 bits per heavy atom. The molecule has 0 fully saturated rings. The van der Waals surface area contributed by atoms with Crippen LogP contribution in [-0.4, -0.2) is 71.4 Å². The lowest BCUT2D eigenvalue weighted by molar-refractivity contribution is -0.120. The zero-order valence-electron chi connectivity index (χ0n) is 31.9. The van der Waals surface area contributed by atoms with Gasteiger partial charge < -0.3 is 15.1 Å². The topological polar surface area (TPSA) is 179 Å². The van der Waals surface area contributed by atoms with Crippen LogP contribution < -0.4 is 24.6 Å². The number of hydrogen-bond donors (Lipinski definition) is 3. The summed E-state index contributed by atoms with van der Waals surface area (Å²) in [5.74, 6) is -5.58. The summed E-state index contributed by atoms with van der Waals surface area (Å²) >= 11 is 0. The van der Waals surface area contributed by atoms with Gasteiger partial charge in [-0.25, -0.2) is 27.1 Å². The van der Waals surface area contributed by atoms with E-state index in [1.807, 2.05) is 0 Å². The third-order valence-electron chi connectivity index (χ3n) is 8.97. The number of aromatic nitrogens is 4. The van der Waals surface area contributed by atoms with E-state index < -0.39 is 76.2 Å². The quantitative estimate of drug-likeness (QED) is 0.0845. The molecule has 19 heteroatoms. The number of benzene rings is 4. The minimum atomic E-state index is -5.04. The van der Waals surface area contributed by atoms with E-state index in [4.69, 9.17) is 0 Å². The van der Waals surface area contributed by atoms with Crippen LogP contribution in [0.15, 0.2) is 110 Å². The third kappa shape index (κ3) is 10.8. The molecule has 60 heavy (non-hydrogen) atoms. The van der Waals surface area contributed by atoms with Crippen molar-refractivity contribution in [3.63, 3.8) is 0 Å². The number of halogens is 4. The van der Waals surface area contributed by atoms with Crippen LogP contribution in [0.5, 0.6) is 0 Å². The summed E-state index contributed by atoms with van der Waals surface area (Å²) in [7, 11) is -5.04. The van der Waals surface area contributed by atoms with Crippen LogP contribution in [0.3, 0.4) is 0 Å². The molecule has 3 N–H and O–H groups in total. The monoisotopic (exact) mass is 843 g/mol. The highest BCUT2D eigenvalue weighted by Crippen LogP contribution is 2.24. The number of amides is 4. The molecule has 2 atom stereocenters.